The average molecular weight is 267 g/mol. The second-order valence-electron chi connectivity index (χ2n) is 4.36. The number of pyridine rings is 1. The molecule has 100 valence electrons. The standard InChI is InChI=1S/C15H13N3O2/c1-20-15(19)11-5-2-4-10(8-11)13-9-17-14-12(18-13)6-3-7-16-14/h2-8H,9H2,1H3,(H,16,17). The quantitative estimate of drug-likeness (QED) is 0.849. The Morgan fingerprint density at radius 1 is 1.30 bits per heavy atom. The molecule has 0 saturated heterocycles. The van der Waals surface area contributed by atoms with Gasteiger partial charge in [0.15, 0.2) is 5.82 Å². The van der Waals surface area contributed by atoms with Crippen LogP contribution < -0.4 is 5.32 Å². The number of rotatable bonds is 2. The fourth-order valence-electron chi connectivity index (χ4n) is 2.09. The van der Waals surface area contributed by atoms with Crippen molar-refractivity contribution >= 4 is 23.2 Å². The first-order valence-electron chi connectivity index (χ1n) is 6.23. The highest BCUT2D eigenvalue weighted by Gasteiger charge is 2.14. The SMILES string of the molecule is COC(=O)c1cccc(C2=Nc3cccnc3NC2)c1. The van der Waals surface area contributed by atoms with Gasteiger partial charge in [-0.2, -0.15) is 0 Å². The number of nitrogens with one attached hydrogen (secondary N) is 1. The zero-order chi connectivity index (χ0) is 13.9. The molecule has 3 rings (SSSR count). The van der Waals surface area contributed by atoms with E-state index < -0.39 is 0 Å². The summed E-state index contributed by atoms with van der Waals surface area (Å²) >= 11 is 0. The van der Waals surface area contributed by atoms with Crippen molar-refractivity contribution in [2.45, 2.75) is 0 Å². The molecule has 0 saturated carbocycles. The number of fused-ring (bicyclic) bond motifs is 1. The maximum atomic E-state index is 11.6. The predicted octanol–water partition coefficient (Wildman–Crippen LogP) is 2.41. The van der Waals surface area contributed by atoms with Crippen molar-refractivity contribution < 1.29 is 9.53 Å². The van der Waals surface area contributed by atoms with E-state index in [0.717, 1.165) is 22.8 Å². The molecule has 1 aromatic carbocycles. The molecule has 5 heteroatoms. The maximum absolute atomic E-state index is 11.6. The average Bonchev–Trinajstić information content (AvgIpc) is 2.53. The molecule has 0 spiro atoms. The summed E-state index contributed by atoms with van der Waals surface area (Å²) in [5, 5.41) is 3.22. The van der Waals surface area contributed by atoms with Crippen LogP contribution in [0.25, 0.3) is 0 Å². The predicted molar refractivity (Wildman–Crippen MR) is 76.7 cm³/mol. The number of hydrogen-bond donors (Lipinski definition) is 1. The highest BCUT2D eigenvalue weighted by atomic mass is 16.5. The molecule has 0 radical (unpaired) electrons. The summed E-state index contributed by atoms with van der Waals surface area (Å²) in [5.74, 6) is 0.429. The summed E-state index contributed by atoms with van der Waals surface area (Å²) in [4.78, 5) is 20.4. The first-order chi connectivity index (χ1) is 9.78. The summed E-state index contributed by atoms with van der Waals surface area (Å²) in [6.45, 7) is 0.578. The second kappa shape index (κ2) is 5.13. The third-order valence-corrected chi connectivity index (χ3v) is 3.08. The molecule has 2 heterocycles. The molecular formula is C15H13N3O2. The van der Waals surface area contributed by atoms with Crippen molar-refractivity contribution in [2.24, 2.45) is 4.99 Å². The van der Waals surface area contributed by atoms with Crippen molar-refractivity contribution in [2.75, 3.05) is 19.0 Å². The molecule has 0 amide bonds. The van der Waals surface area contributed by atoms with Crippen LogP contribution in [0.15, 0.2) is 47.6 Å². The number of benzene rings is 1. The first kappa shape index (κ1) is 12.3. The molecule has 0 aliphatic carbocycles. The Hall–Kier alpha value is -2.69. The van der Waals surface area contributed by atoms with Crippen LogP contribution in [0.5, 0.6) is 0 Å². The molecule has 1 aliphatic heterocycles. The molecule has 1 aromatic heterocycles. The number of aliphatic imine (C=N–C) groups is 1. The van der Waals surface area contributed by atoms with E-state index in [0.29, 0.717) is 12.1 Å². The lowest BCUT2D eigenvalue weighted by Crippen LogP contribution is -2.19. The van der Waals surface area contributed by atoms with Gasteiger partial charge in [0.2, 0.25) is 0 Å². The summed E-state index contributed by atoms with van der Waals surface area (Å²) in [6.07, 6.45) is 1.73. The topological polar surface area (TPSA) is 63.6 Å². The smallest absolute Gasteiger partial charge is 0.337 e. The minimum Gasteiger partial charge on any atom is -0.465 e. The van der Waals surface area contributed by atoms with Gasteiger partial charge in [-0.05, 0) is 29.8 Å². The molecule has 0 unspecified atom stereocenters. The molecule has 1 N–H and O–H groups in total. The highest BCUT2D eigenvalue weighted by molar-refractivity contribution is 6.07. The number of nitrogens with zero attached hydrogens (tertiary/aromatic N) is 2. The number of hydrogen-bond acceptors (Lipinski definition) is 5. The van der Waals surface area contributed by atoms with Gasteiger partial charge in [0.05, 0.1) is 24.9 Å². The number of aromatic nitrogens is 1. The largest absolute Gasteiger partial charge is 0.465 e. The summed E-state index contributed by atoms with van der Waals surface area (Å²) in [6, 6.07) is 11.0. The van der Waals surface area contributed by atoms with E-state index in [9.17, 15) is 4.79 Å². The van der Waals surface area contributed by atoms with Crippen molar-refractivity contribution in [3.63, 3.8) is 0 Å². The molecule has 0 bridgehead atoms. The van der Waals surface area contributed by atoms with Gasteiger partial charge in [0, 0.05) is 6.20 Å². The minimum atomic E-state index is -0.349. The van der Waals surface area contributed by atoms with Crippen LogP contribution in [-0.2, 0) is 4.74 Å². The van der Waals surface area contributed by atoms with E-state index in [-0.39, 0.29) is 5.97 Å². The van der Waals surface area contributed by atoms with E-state index >= 15 is 0 Å². The molecule has 2 aromatic rings. The highest BCUT2D eigenvalue weighted by Crippen LogP contribution is 2.26. The van der Waals surface area contributed by atoms with E-state index in [1.165, 1.54) is 7.11 Å². The van der Waals surface area contributed by atoms with Crippen molar-refractivity contribution in [3.05, 3.63) is 53.7 Å². The van der Waals surface area contributed by atoms with Gasteiger partial charge in [-0.25, -0.2) is 14.8 Å². The van der Waals surface area contributed by atoms with Gasteiger partial charge < -0.3 is 10.1 Å². The Morgan fingerprint density at radius 2 is 2.20 bits per heavy atom. The molecule has 1 aliphatic rings. The monoisotopic (exact) mass is 267 g/mol. The lowest BCUT2D eigenvalue weighted by atomic mass is 10.1. The number of carbonyl (C=O) groups excluding carboxylic acids is 1. The molecule has 20 heavy (non-hydrogen) atoms. The van der Waals surface area contributed by atoms with Gasteiger partial charge in [0.25, 0.3) is 0 Å². The molecule has 5 nitrogen and oxygen atoms in total. The van der Waals surface area contributed by atoms with Crippen molar-refractivity contribution in [1.82, 2.24) is 4.98 Å². The van der Waals surface area contributed by atoms with E-state index in [2.05, 4.69) is 15.3 Å². The Kier molecular flexibility index (Phi) is 3.16. The fourth-order valence-corrected chi connectivity index (χ4v) is 2.09. The van der Waals surface area contributed by atoms with Crippen LogP contribution in [0.2, 0.25) is 0 Å². The van der Waals surface area contributed by atoms with Crippen LogP contribution in [0.4, 0.5) is 11.5 Å². The molecule has 0 atom stereocenters. The van der Waals surface area contributed by atoms with E-state index in [4.69, 9.17) is 4.74 Å². The van der Waals surface area contributed by atoms with Crippen LogP contribution >= 0.6 is 0 Å². The lowest BCUT2D eigenvalue weighted by molar-refractivity contribution is 0.0600. The first-order valence-corrected chi connectivity index (χ1v) is 6.23. The van der Waals surface area contributed by atoms with Crippen LogP contribution in [-0.4, -0.2) is 30.3 Å². The molecule has 0 fully saturated rings. The Bertz CT molecular complexity index is 695. The number of ether oxygens (including phenoxy) is 1. The summed E-state index contributed by atoms with van der Waals surface area (Å²) < 4.78 is 4.73. The van der Waals surface area contributed by atoms with Gasteiger partial charge in [-0.1, -0.05) is 12.1 Å². The van der Waals surface area contributed by atoms with Crippen LogP contribution in [0.3, 0.4) is 0 Å². The number of carbonyl (C=O) groups is 1. The lowest BCUT2D eigenvalue weighted by Gasteiger charge is -2.16. The third-order valence-electron chi connectivity index (χ3n) is 3.08. The number of methoxy groups -OCH3 is 1. The van der Waals surface area contributed by atoms with Gasteiger partial charge in [0.1, 0.15) is 5.69 Å². The van der Waals surface area contributed by atoms with E-state index in [1.807, 2.05) is 24.3 Å². The van der Waals surface area contributed by atoms with Crippen molar-refractivity contribution in [3.8, 4) is 0 Å². The second-order valence-corrected chi connectivity index (χ2v) is 4.36. The van der Waals surface area contributed by atoms with Crippen LogP contribution in [0.1, 0.15) is 15.9 Å². The Labute approximate surface area is 116 Å². The van der Waals surface area contributed by atoms with E-state index in [1.54, 1.807) is 18.3 Å². The summed E-state index contributed by atoms with van der Waals surface area (Å²) in [7, 11) is 1.37. The maximum Gasteiger partial charge on any atom is 0.337 e. The third kappa shape index (κ3) is 2.25. The number of esters is 1. The Morgan fingerprint density at radius 3 is 3.05 bits per heavy atom. The van der Waals surface area contributed by atoms with Crippen LogP contribution in [0, 0.1) is 0 Å². The van der Waals surface area contributed by atoms with Gasteiger partial charge in [-0.3, -0.25) is 0 Å². The van der Waals surface area contributed by atoms with Gasteiger partial charge in [-0.15, -0.1) is 0 Å². The summed E-state index contributed by atoms with van der Waals surface area (Å²) in [5.41, 5.74) is 3.09. The zero-order valence-electron chi connectivity index (χ0n) is 11.0. The minimum absolute atomic E-state index is 0.349. The van der Waals surface area contributed by atoms with Gasteiger partial charge >= 0.3 is 5.97 Å². The molecular weight excluding hydrogens is 254 g/mol. The Balaban J connectivity index is 1.98. The number of anilines is 1. The zero-order valence-corrected chi connectivity index (χ0v) is 11.0. The fraction of sp³-hybridized carbons (Fsp3) is 0.133. The van der Waals surface area contributed by atoms with Crippen molar-refractivity contribution in [1.29, 1.82) is 0 Å². The normalized spacial score (nSPS) is 12.9.